The molecule has 0 radical (unpaired) electrons. The molecule has 2 aromatic rings. The Balaban J connectivity index is 1.86. The SMILES string of the molecule is O=C(COc1cc(Cl)c(Cl)cc1Cl)N/N=C/c1ccc(Br)cc1. The predicted octanol–water partition coefficient (Wildman–Crippen LogP) is 4.94. The molecule has 0 saturated heterocycles. The molecule has 0 heterocycles. The first-order valence-electron chi connectivity index (χ1n) is 6.30. The van der Waals surface area contributed by atoms with Crippen molar-refractivity contribution in [1.82, 2.24) is 5.43 Å². The Morgan fingerprint density at radius 3 is 2.48 bits per heavy atom. The maximum Gasteiger partial charge on any atom is 0.277 e. The van der Waals surface area contributed by atoms with Gasteiger partial charge >= 0.3 is 0 Å². The van der Waals surface area contributed by atoms with Gasteiger partial charge in [0.1, 0.15) is 5.75 Å². The number of amides is 1. The number of carbonyl (C=O) groups excluding carboxylic acids is 1. The van der Waals surface area contributed by atoms with E-state index in [1.165, 1.54) is 18.3 Å². The summed E-state index contributed by atoms with van der Waals surface area (Å²) in [6.07, 6.45) is 1.52. The minimum atomic E-state index is -0.430. The number of carbonyl (C=O) groups is 1. The molecule has 0 spiro atoms. The Morgan fingerprint density at radius 2 is 1.78 bits per heavy atom. The third-order valence-electron chi connectivity index (χ3n) is 2.61. The lowest BCUT2D eigenvalue weighted by Gasteiger charge is -2.08. The van der Waals surface area contributed by atoms with Crippen molar-refractivity contribution >= 4 is 62.9 Å². The van der Waals surface area contributed by atoms with Gasteiger partial charge < -0.3 is 4.74 Å². The van der Waals surface area contributed by atoms with E-state index in [2.05, 4.69) is 26.5 Å². The summed E-state index contributed by atoms with van der Waals surface area (Å²) < 4.78 is 6.25. The van der Waals surface area contributed by atoms with Gasteiger partial charge in [-0.1, -0.05) is 62.9 Å². The third kappa shape index (κ3) is 5.70. The van der Waals surface area contributed by atoms with Gasteiger partial charge in [0.05, 0.1) is 21.3 Å². The summed E-state index contributed by atoms with van der Waals surface area (Å²) in [7, 11) is 0. The Bertz CT molecular complexity index is 736. The molecule has 4 nitrogen and oxygen atoms in total. The minimum absolute atomic E-state index is 0.255. The molecule has 0 unspecified atom stereocenters. The van der Waals surface area contributed by atoms with Crippen molar-refractivity contribution in [2.24, 2.45) is 5.10 Å². The highest BCUT2D eigenvalue weighted by atomic mass is 79.9. The van der Waals surface area contributed by atoms with Crippen molar-refractivity contribution in [2.75, 3.05) is 6.61 Å². The van der Waals surface area contributed by atoms with Crippen LogP contribution in [0.3, 0.4) is 0 Å². The van der Waals surface area contributed by atoms with Gasteiger partial charge in [0.15, 0.2) is 6.61 Å². The van der Waals surface area contributed by atoms with Crippen LogP contribution in [0.2, 0.25) is 15.1 Å². The van der Waals surface area contributed by atoms with Crippen molar-refractivity contribution in [2.45, 2.75) is 0 Å². The van der Waals surface area contributed by atoms with E-state index in [0.29, 0.717) is 10.0 Å². The van der Waals surface area contributed by atoms with Crippen molar-refractivity contribution < 1.29 is 9.53 Å². The average molecular weight is 437 g/mol. The van der Waals surface area contributed by atoms with Crippen LogP contribution in [0.15, 0.2) is 46.0 Å². The lowest BCUT2D eigenvalue weighted by atomic mass is 10.2. The normalized spacial score (nSPS) is 10.8. The fraction of sp³-hybridized carbons (Fsp3) is 0.0667. The number of hydrogen-bond donors (Lipinski definition) is 1. The van der Waals surface area contributed by atoms with E-state index >= 15 is 0 Å². The maximum atomic E-state index is 11.7. The number of hydrogen-bond acceptors (Lipinski definition) is 3. The number of hydrazone groups is 1. The molecule has 0 aliphatic carbocycles. The van der Waals surface area contributed by atoms with Gasteiger partial charge in [-0.15, -0.1) is 0 Å². The second-order valence-electron chi connectivity index (χ2n) is 4.33. The first kappa shape index (κ1) is 18.1. The molecule has 23 heavy (non-hydrogen) atoms. The molecule has 8 heteroatoms. The van der Waals surface area contributed by atoms with Crippen LogP contribution in [0.1, 0.15) is 5.56 Å². The van der Waals surface area contributed by atoms with E-state index in [4.69, 9.17) is 39.5 Å². The zero-order chi connectivity index (χ0) is 16.8. The molecule has 0 aliphatic rings. The molecule has 0 aromatic heterocycles. The monoisotopic (exact) mass is 434 g/mol. The molecule has 0 bridgehead atoms. The van der Waals surface area contributed by atoms with Crippen LogP contribution in [0.25, 0.3) is 0 Å². The number of nitrogens with zero attached hydrogens (tertiary/aromatic N) is 1. The number of rotatable bonds is 5. The van der Waals surface area contributed by atoms with Crippen LogP contribution in [0.5, 0.6) is 5.75 Å². The van der Waals surface area contributed by atoms with Gasteiger partial charge in [-0.2, -0.15) is 5.10 Å². The molecule has 0 atom stereocenters. The fourth-order valence-corrected chi connectivity index (χ4v) is 2.37. The van der Waals surface area contributed by atoms with Crippen LogP contribution in [0, 0.1) is 0 Å². The van der Waals surface area contributed by atoms with E-state index in [1.807, 2.05) is 24.3 Å². The quantitative estimate of drug-likeness (QED) is 0.410. The lowest BCUT2D eigenvalue weighted by molar-refractivity contribution is -0.123. The summed E-state index contributed by atoms with van der Waals surface area (Å²) in [6.45, 7) is -0.255. The van der Waals surface area contributed by atoms with E-state index < -0.39 is 5.91 Å². The first-order valence-corrected chi connectivity index (χ1v) is 8.23. The molecule has 1 N–H and O–H groups in total. The van der Waals surface area contributed by atoms with Crippen molar-refractivity contribution in [3.8, 4) is 5.75 Å². The molecule has 0 saturated carbocycles. The van der Waals surface area contributed by atoms with Gasteiger partial charge in [0, 0.05) is 10.5 Å². The number of nitrogens with one attached hydrogen (secondary N) is 1. The van der Waals surface area contributed by atoms with Crippen molar-refractivity contribution in [1.29, 1.82) is 0 Å². The van der Waals surface area contributed by atoms with Crippen LogP contribution in [-0.4, -0.2) is 18.7 Å². The molecule has 0 aliphatic heterocycles. The van der Waals surface area contributed by atoms with E-state index in [-0.39, 0.29) is 17.4 Å². The average Bonchev–Trinajstić information content (AvgIpc) is 2.51. The summed E-state index contributed by atoms with van der Waals surface area (Å²) in [4.78, 5) is 11.7. The Morgan fingerprint density at radius 1 is 1.13 bits per heavy atom. The lowest BCUT2D eigenvalue weighted by Crippen LogP contribution is -2.24. The van der Waals surface area contributed by atoms with Gasteiger partial charge in [0.2, 0.25) is 0 Å². The zero-order valence-corrected chi connectivity index (χ0v) is 15.4. The second kappa shape index (κ2) is 8.55. The van der Waals surface area contributed by atoms with Crippen LogP contribution in [-0.2, 0) is 4.79 Å². The van der Waals surface area contributed by atoms with Crippen LogP contribution < -0.4 is 10.2 Å². The largest absolute Gasteiger partial charge is 0.482 e. The molecule has 1 amide bonds. The molecule has 0 fully saturated rings. The second-order valence-corrected chi connectivity index (χ2v) is 6.47. The smallest absolute Gasteiger partial charge is 0.277 e. The highest BCUT2D eigenvalue weighted by Gasteiger charge is 2.09. The molecular weight excluding hydrogens is 426 g/mol. The number of halogens is 4. The van der Waals surface area contributed by atoms with Gasteiger partial charge in [-0.25, -0.2) is 5.43 Å². The summed E-state index contributed by atoms with van der Waals surface area (Å²) in [6, 6.07) is 10.4. The highest BCUT2D eigenvalue weighted by Crippen LogP contribution is 2.33. The number of benzene rings is 2. The predicted molar refractivity (Wildman–Crippen MR) is 96.8 cm³/mol. The van der Waals surface area contributed by atoms with Gasteiger partial charge in [0.25, 0.3) is 5.91 Å². The Labute approximate surface area is 156 Å². The Kier molecular flexibility index (Phi) is 6.72. The van der Waals surface area contributed by atoms with Gasteiger partial charge in [-0.05, 0) is 23.8 Å². The summed E-state index contributed by atoms with van der Waals surface area (Å²) >= 11 is 21.0. The first-order chi connectivity index (χ1) is 11.0. The number of ether oxygens (including phenoxy) is 1. The molecular formula is C15H10BrCl3N2O2. The fourth-order valence-electron chi connectivity index (χ4n) is 1.52. The molecule has 2 rings (SSSR count). The van der Waals surface area contributed by atoms with Crippen molar-refractivity contribution in [3.05, 3.63) is 61.5 Å². The molecule has 120 valence electrons. The van der Waals surface area contributed by atoms with Crippen LogP contribution >= 0.6 is 50.7 Å². The summed E-state index contributed by atoms with van der Waals surface area (Å²) in [5.74, 6) is -0.159. The topological polar surface area (TPSA) is 50.7 Å². The van der Waals surface area contributed by atoms with Crippen LogP contribution in [0.4, 0.5) is 0 Å². The standard InChI is InChI=1S/C15H10BrCl3N2O2/c16-10-3-1-9(2-4-10)7-20-21-15(22)8-23-14-6-12(18)11(17)5-13(14)19/h1-7H,8H2,(H,21,22)/b20-7+. The zero-order valence-electron chi connectivity index (χ0n) is 11.5. The highest BCUT2D eigenvalue weighted by molar-refractivity contribution is 9.10. The van der Waals surface area contributed by atoms with E-state index in [9.17, 15) is 4.79 Å². The Hall–Kier alpha value is -1.27. The van der Waals surface area contributed by atoms with E-state index in [1.54, 1.807) is 0 Å². The molecule has 2 aromatic carbocycles. The third-order valence-corrected chi connectivity index (χ3v) is 4.15. The van der Waals surface area contributed by atoms with Crippen molar-refractivity contribution in [3.63, 3.8) is 0 Å². The van der Waals surface area contributed by atoms with E-state index in [0.717, 1.165) is 10.0 Å². The summed E-state index contributed by atoms with van der Waals surface area (Å²) in [5.41, 5.74) is 3.20. The summed E-state index contributed by atoms with van der Waals surface area (Å²) in [5, 5.41) is 4.71. The van der Waals surface area contributed by atoms with Gasteiger partial charge in [-0.3, -0.25) is 4.79 Å². The minimum Gasteiger partial charge on any atom is -0.482 e. The maximum absolute atomic E-state index is 11.7.